The fraction of sp³-hybridized carbons (Fsp3) is 0.438. The van der Waals surface area contributed by atoms with E-state index in [0.29, 0.717) is 10.8 Å². The Hall–Kier alpha value is -2.40. The van der Waals surface area contributed by atoms with Crippen LogP contribution in [0.1, 0.15) is 11.4 Å². The quantitative estimate of drug-likeness (QED) is 0.805. The van der Waals surface area contributed by atoms with Crippen molar-refractivity contribution in [3.05, 3.63) is 28.2 Å². The Morgan fingerprint density at radius 1 is 1.33 bits per heavy atom. The molecular weight excluding hydrogens is 390 g/mol. The topological polar surface area (TPSA) is 105 Å². The molecule has 3 rings (SSSR count). The Labute approximate surface area is 161 Å². The molecule has 11 heteroatoms. The molecule has 1 saturated heterocycles. The van der Waals surface area contributed by atoms with Gasteiger partial charge in [-0.1, -0.05) is 0 Å². The Morgan fingerprint density at radius 2 is 2.07 bits per heavy atom. The second-order valence-corrected chi connectivity index (χ2v) is 8.97. The minimum absolute atomic E-state index is 0.0213. The number of aryl methyl sites for hydroxylation is 1. The van der Waals surface area contributed by atoms with Gasteiger partial charge in [0.2, 0.25) is 10.0 Å². The maximum atomic E-state index is 12.2. The van der Waals surface area contributed by atoms with Crippen molar-refractivity contribution in [1.29, 1.82) is 0 Å². The molecule has 1 aliphatic heterocycles. The number of carbonyl (C=O) groups excluding carboxylic acids is 2. The maximum Gasteiger partial charge on any atom is 0.341 e. The van der Waals surface area contributed by atoms with Crippen molar-refractivity contribution in [3.63, 3.8) is 0 Å². The summed E-state index contributed by atoms with van der Waals surface area (Å²) in [6, 6.07) is 0.618. The molecule has 9 nitrogen and oxygen atoms in total. The van der Waals surface area contributed by atoms with E-state index in [9.17, 15) is 18.0 Å². The molecule has 146 valence electrons. The number of imide groups is 1. The first-order valence-electron chi connectivity index (χ1n) is 8.33. The van der Waals surface area contributed by atoms with Crippen LogP contribution in [0.15, 0.2) is 16.8 Å². The van der Waals surface area contributed by atoms with Crippen molar-refractivity contribution in [2.75, 3.05) is 25.9 Å². The van der Waals surface area contributed by atoms with Crippen molar-refractivity contribution >= 4 is 33.4 Å². The van der Waals surface area contributed by atoms with Crippen LogP contribution in [0.5, 0.6) is 0 Å². The van der Waals surface area contributed by atoms with Crippen molar-refractivity contribution in [3.8, 4) is 11.1 Å². The Bertz CT molecular complexity index is 965. The molecule has 3 heterocycles. The maximum absolute atomic E-state index is 12.2. The molecule has 0 radical (unpaired) electrons. The molecular formula is C16H21N5O4S2. The van der Waals surface area contributed by atoms with E-state index in [2.05, 4.69) is 15.8 Å². The predicted octanol–water partition coefficient (Wildman–Crippen LogP) is 1.64. The highest BCUT2D eigenvalue weighted by molar-refractivity contribution is 7.88. The molecule has 27 heavy (non-hydrogen) atoms. The summed E-state index contributed by atoms with van der Waals surface area (Å²) in [4.78, 5) is 25.2. The fourth-order valence-electron chi connectivity index (χ4n) is 3.12. The minimum atomic E-state index is -3.66. The van der Waals surface area contributed by atoms with Gasteiger partial charge in [-0.3, -0.25) is 4.68 Å². The van der Waals surface area contributed by atoms with Gasteiger partial charge >= 0.3 is 12.1 Å². The van der Waals surface area contributed by atoms with Crippen molar-refractivity contribution in [2.24, 2.45) is 0 Å². The number of carbonyl (C=O) groups is 2. The predicted molar refractivity (Wildman–Crippen MR) is 102 cm³/mol. The molecule has 0 atom stereocenters. The Balaban J connectivity index is 1.60. The first-order valence-corrected chi connectivity index (χ1v) is 11.1. The molecule has 0 aliphatic carbocycles. The zero-order valence-corrected chi connectivity index (χ0v) is 16.9. The van der Waals surface area contributed by atoms with E-state index in [-0.39, 0.29) is 19.6 Å². The largest absolute Gasteiger partial charge is 0.341 e. The van der Waals surface area contributed by atoms with Crippen LogP contribution in [0.2, 0.25) is 0 Å². The van der Waals surface area contributed by atoms with E-state index in [0.717, 1.165) is 33.7 Å². The summed E-state index contributed by atoms with van der Waals surface area (Å²) in [5.41, 5.74) is 4.12. The molecule has 0 saturated carbocycles. The standard InChI is InChI=1S/C16H21N5O4S2/c1-11-14(13-4-9-26-10-13)12(2)20(18-11)6-5-17-15(22)19-7-8-21(16(19)23)27(3,24)25/h4,9-10H,5-8H2,1-3H3,(H,17,22). The molecule has 2 aromatic heterocycles. The van der Waals surface area contributed by atoms with Gasteiger partial charge in [0.05, 0.1) is 31.6 Å². The molecule has 0 spiro atoms. The number of nitrogens with zero attached hydrogens (tertiary/aromatic N) is 4. The van der Waals surface area contributed by atoms with E-state index in [4.69, 9.17) is 0 Å². The van der Waals surface area contributed by atoms with Gasteiger partial charge in [0.15, 0.2) is 0 Å². The van der Waals surface area contributed by atoms with Crippen LogP contribution >= 0.6 is 11.3 Å². The minimum Gasteiger partial charge on any atom is -0.336 e. The number of nitrogens with one attached hydrogen (secondary N) is 1. The first kappa shape index (κ1) is 19.4. The van der Waals surface area contributed by atoms with Gasteiger partial charge < -0.3 is 5.32 Å². The van der Waals surface area contributed by atoms with Crippen LogP contribution in [0, 0.1) is 13.8 Å². The fourth-order valence-corrected chi connectivity index (χ4v) is 4.56. The highest BCUT2D eigenvalue weighted by Crippen LogP contribution is 2.28. The second-order valence-electron chi connectivity index (χ2n) is 6.28. The number of sulfonamides is 1. The number of amides is 4. The normalized spacial score (nSPS) is 14.9. The second kappa shape index (κ2) is 7.31. The first-order chi connectivity index (χ1) is 12.7. The van der Waals surface area contributed by atoms with Crippen LogP contribution in [-0.2, 0) is 16.6 Å². The molecule has 0 unspecified atom stereocenters. The average molecular weight is 412 g/mol. The van der Waals surface area contributed by atoms with Crippen LogP contribution < -0.4 is 5.32 Å². The summed E-state index contributed by atoms with van der Waals surface area (Å²) in [5, 5.41) is 11.3. The number of aromatic nitrogens is 2. The zero-order chi connectivity index (χ0) is 19.8. The molecule has 2 aromatic rings. The Morgan fingerprint density at radius 3 is 2.67 bits per heavy atom. The molecule has 1 N–H and O–H groups in total. The van der Waals surface area contributed by atoms with Crippen molar-refractivity contribution < 1.29 is 18.0 Å². The molecule has 0 aromatic carbocycles. The van der Waals surface area contributed by atoms with E-state index >= 15 is 0 Å². The summed E-state index contributed by atoms with van der Waals surface area (Å²) >= 11 is 1.62. The summed E-state index contributed by atoms with van der Waals surface area (Å²) < 4.78 is 25.5. The molecule has 0 bridgehead atoms. The highest BCUT2D eigenvalue weighted by Gasteiger charge is 2.37. The number of hydrogen-bond donors (Lipinski definition) is 1. The molecule has 4 amide bonds. The lowest BCUT2D eigenvalue weighted by Gasteiger charge is -2.16. The third-order valence-corrected chi connectivity index (χ3v) is 6.23. The van der Waals surface area contributed by atoms with E-state index in [1.165, 1.54) is 0 Å². The van der Waals surface area contributed by atoms with Crippen LogP contribution in [-0.4, -0.2) is 65.4 Å². The number of thiophene rings is 1. The average Bonchev–Trinajstić information content (AvgIpc) is 3.27. The van der Waals surface area contributed by atoms with E-state index in [1.807, 2.05) is 30.0 Å². The van der Waals surface area contributed by atoms with Crippen molar-refractivity contribution in [1.82, 2.24) is 24.3 Å². The Kier molecular flexibility index (Phi) is 5.24. The van der Waals surface area contributed by atoms with E-state index < -0.39 is 22.1 Å². The van der Waals surface area contributed by atoms with Crippen LogP contribution in [0.25, 0.3) is 11.1 Å². The van der Waals surface area contributed by atoms with Gasteiger partial charge in [-0.2, -0.15) is 16.4 Å². The number of rotatable bonds is 5. The van der Waals surface area contributed by atoms with Gasteiger partial charge in [0, 0.05) is 17.8 Å². The lowest BCUT2D eigenvalue weighted by atomic mass is 10.1. The summed E-state index contributed by atoms with van der Waals surface area (Å²) in [7, 11) is -3.66. The van der Waals surface area contributed by atoms with Gasteiger partial charge in [-0.15, -0.1) is 0 Å². The SMILES string of the molecule is Cc1nn(CCNC(=O)N2CCN(S(C)(=O)=O)C2=O)c(C)c1-c1ccsc1. The summed E-state index contributed by atoms with van der Waals surface area (Å²) in [5.74, 6) is 0. The van der Waals surface area contributed by atoms with Crippen LogP contribution in [0.3, 0.4) is 0 Å². The third-order valence-electron chi connectivity index (χ3n) is 4.41. The monoisotopic (exact) mass is 411 g/mol. The summed E-state index contributed by atoms with van der Waals surface area (Å²) in [6.07, 6.45) is 0.945. The lowest BCUT2D eigenvalue weighted by molar-refractivity contribution is 0.193. The highest BCUT2D eigenvalue weighted by atomic mass is 32.2. The number of hydrogen-bond acceptors (Lipinski definition) is 6. The lowest BCUT2D eigenvalue weighted by Crippen LogP contribution is -2.44. The van der Waals surface area contributed by atoms with Gasteiger partial charge in [-0.05, 0) is 36.2 Å². The van der Waals surface area contributed by atoms with E-state index in [1.54, 1.807) is 11.3 Å². The summed E-state index contributed by atoms with van der Waals surface area (Å²) in [6.45, 7) is 4.65. The molecule has 1 fully saturated rings. The zero-order valence-electron chi connectivity index (χ0n) is 15.3. The smallest absolute Gasteiger partial charge is 0.336 e. The van der Waals surface area contributed by atoms with Gasteiger partial charge in [0.1, 0.15) is 0 Å². The van der Waals surface area contributed by atoms with Gasteiger partial charge in [-0.25, -0.2) is 27.2 Å². The third kappa shape index (κ3) is 3.83. The number of urea groups is 2. The van der Waals surface area contributed by atoms with Crippen molar-refractivity contribution in [2.45, 2.75) is 20.4 Å². The molecule has 1 aliphatic rings. The van der Waals surface area contributed by atoms with Gasteiger partial charge in [0.25, 0.3) is 0 Å². The van der Waals surface area contributed by atoms with Crippen LogP contribution in [0.4, 0.5) is 9.59 Å².